The number of nitrogens with zero attached hydrogens (tertiary/aromatic N) is 3. The summed E-state index contributed by atoms with van der Waals surface area (Å²) in [6.07, 6.45) is 1.25. The lowest BCUT2D eigenvalue weighted by atomic mass is 9.79. The lowest BCUT2D eigenvalue weighted by Gasteiger charge is -2.48. The summed E-state index contributed by atoms with van der Waals surface area (Å²) in [5, 5.41) is 0. The summed E-state index contributed by atoms with van der Waals surface area (Å²) in [5.41, 5.74) is 0.431. The van der Waals surface area contributed by atoms with Crippen molar-refractivity contribution >= 4 is 6.03 Å². The van der Waals surface area contributed by atoms with Gasteiger partial charge in [0, 0.05) is 39.1 Å². The maximum atomic E-state index is 11.6. The SMILES string of the molecule is CN1CCC2(C1)CN(C(=O)N(C)C)C2. The molecule has 0 aliphatic carbocycles. The molecule has 2 heterocycles. The van der Waals surface area contributed by atoms with E-state index in [9.17, 15) is 4.79 Å². The fourth-order valence-corrected chi connectivity index (χ4v) is 2.60. The standard InChI is InChI=1S/C10H19N3O/c1-11(2)9(14)13-7-10(8-13)4-5-12(3)6-10/h4-8H2,1-3H3. The third kappa shape index (κ3) is 1.47. The Labute approximate surface area is 85.5 Å². The first kappa shape index (κ1) is 9.77. The van der Waals surface area contributed by atoms with Crippen molar-refractivity contribution in [1.29, 1.82) is 0 Å². The summed E-state index contributed by atoms with van der Waals surface area (Å²) in [7, 11) is 5.79. The molecule has 2 aliphatic rings. The van der Waals surface area contributed by atoms with Crippen LogP contribution < -0.4 is 0 Å². The minimum atomic E-state index is 0.158. The molecule has 2 aliphatic heterocycles. The quantitative estimate of drug-likeness (QED) is 0.558. The van der Waals surface area contributed by atoms with Gasteiger partial charge in [0.2, 0.25) is 0 Å². The largest absolute Gasteiger partial charge is 0.331 e. The summed E-state index contributed by atoms with van der Waals surface area (Å²) < 4.78 is 0. The smallest absolute Gasteiger partial charge is 0.319 e. The summed E-state index contributed by atoms with van der Waals surface area (Å²) in [6.45, 7) is 4.25. The second-order valence-electron chi connectivity index (χ2n) is 5.02. The van der Waals surface area contributed by atoms with Crippen molar-refractivity contribution in [2.45, 2.75) is 6.42 Å². The van der Waals surface area contributed by atoms with Gasteiger partial charge in [-0.25, -0.2) is 4.79 Å². The molecule has 0 aromatic rings. The molecule has 2 amide bonds. The summed E-state index contributed by atoms with van der Waals surface area (Å²) >= 11 is 0. The first-order valence-corrected chi connectivity index (χ1v) is 5.17. The van der Waals surface area contributed by atoms with E-state index >= 15 is 0 Å². The summed E-state index contributed by atoms with van der Waals surface area (Å²) in [4.78, 5) is 17.5. The van der Waals surface area contributed by atoms with Crippen molar-refractivity contribution in [2.75, 3.05) is 47.3 Å². The highest BCUT2D eigenvalue weighted by atomic mass is 16.2. The van der Waals surface area contributed by atoms with Gasteiger partial charge >= 0.3 is 6.03 Å². The van der Waals surface area contributed by atoms with E-state index in [1.807, 2.05) is 19.0 Å². The number of amides is 2. The van der Waals surface area contributed by atoms with Crippen LogP contribution in [0.1, 0.15) is 6.42 Å². The van der Waals surface area contributed by atoms with Gasteiger partial charge in [0.25, 0.3) is 0 Å². The fourth-order valence-electron chi connectivity index (χ4n) is 2.60. The van der Waals surface area contributed by atoms with Gasteiger partial charge in [-0.1, -0.05) is 0 Å². The van der Waals surface area contributed by atoms with E-state index in [0.717, 1.165) is 19.6 Å². The van der Waals surface area contributed by atoms with Gasteiger partial charge in [0.1, 0.15) is 0 Å². The van der Waals surface area contributed by atoms with Crippen LogP contribution in [0.3, 0.4) is 0 Å². The van der Waals surface area contributed by atoms with Crippen molar-refractivity contribution in [3.8, 4) is 0 Å². The predicted octanol–water partition coefficient (Wildman–Crippen LogP) is 0.306. The molecule has 1 spiro atoms. The molecular weight excluding hydrogens is 178 g/mol. The minimum absolute atomic E-state index is 0.158. The van der Waals surface area contributed by atoms with Crippen molar-refractivity contribution in [3.63, 3.8) is 0 Å². The normalized spacial score (nSPS) is 25.2. The summed E-state index contributed by atoms with van der Waals surface area (Å²) in [5.74, 6) is 0. The lowest BCUT2D eigenvalue weighted by molar-refractivity contribution is 0.0302. The Morgan fingerprint density at radius 2 is 1.93 bits per heavy atom. The molecule has 0 aromatic carbocycles. The maximum absolute atomic E-state index is 11.6. The van der Waals surface area contributed by atoms with Crippen molar-refractivity contribution in [2.24, 2.45) is 5.41 Å². The maximum Gasteiger partial charge on any atom is 0.319 e. The predicted molar refractivity (Wildman–Crippen MR) is 55.2 cm³/mol. The Bertz CT molecular complexity index is 246. The van der Waals surface area contributed by atoms with Crippen LogP contribution in [0.5, 0.6) is 0 Å². The Morgan fingerprint density at radius 1 is 1.29 bits per heavy atom. The monoisotopic (exact) mass is 197 g/mol. The van der Waals surface area contributed by atoms with Crippen LogP contribution in [-0.2, 0) is 0 Å². The van der Waals surface area contributed by atoms with Crippen molar-refractivity contribution in [1.82, 2.24) is 14.7 Å². The molecule has 14 heavy (non-hydrogen) atoms. The lowest BCUT2D eigenvalue weighted by Crippen LogP contribution is -2.61. The van der Waals surface area contributed by atoms with Crippen LogP contribution in [0.15, 0.2) is 0 Å². The van der Waals surface area contributed by atoms with Crippen LogP contribution in [0.2, 0.25) is 0 Å². The third-order valence-corrected chi connectivity index (χ3v) is 3.33. The zero-order chi connectivity index (χ0) is 10.3. The number of carbonyl (C=O) groups is 1. The molecule has 80 valence electrons. The number of rotatable bonds is 0. The van der Waals surface area contributed by atoms with Crippen LogP contribution in [0.4, 0.5) is 4.79 Å². The van der Waals surface area contributed by atoms with Crippen LogP contribution in [0.25, 0.3) is 0 Å². The molecule has 0 N–H and O–H groups in total. The highest BCUT2D eigenvalue weighted by molar-refractivity contribution is 5.75. The van der Waals surface area contributed by atoms with Gasteiger partial charge in [0.05, 0.1) is 0 Å². The molecule has 0 aromatic heterocycles. The van der Waals surface area contributed by atoms with E-state index in [1.165, 1.54) is 13.0 Å². The Kier molecular flexibility index (Phi) is 2.18. The molecule has 0 bridgehead atoms. The second kappa shape index (κ2) is 3.12. The van der Waals surface area contributed by atoms with Gasteiger partial charge in [-0.3, -0.25) is 0 Å². The Balaban J connectivity index is 1.87. The molecule has 2 rings (SSSR count). The van der Waals surface area contributed by atoms with Gasteiger partial charge < -0.3 is 14.7 Å². The molecule has 2 fully saturated rings. The molecule has 0 unspecified atom stereocenters. The molecule has 0 atom stereocenters. The van der Waals surface area contributed by atoms with Crippen molar-refractivity contribution < 1.29 is 4.79 Å². The highest BCUT2D eigenvalue weighted by Crippen LogP contribution is 2.39. The zero-order valence-electron chi connectivity index (χ0n) is 9.29. The number of hydrogen-bond donors (Lipinski definition) is 0. The van der Waals surface area contributed by atoms with E-state index < -0.39 is 0 Å². The average Bonchev–Trinajstić information content (AvgIpc) is 2.43. The van der Waals surface area contributed by atoms with Gasteiger partial charge in [-0.15, -0.1) is 0 Å². The first-order chi connectivity index (χ1) is 6.52. The van der Waals surface area contributed by atoms with Crippen LogP contribution in [0, 0.1) is 5.41 Å². The van der Waals surface area contributed by atoms with Crippen LogP contribution >= 0.6 is 0 Å². The molecule has 0 saturated carbocycles. The average molecular weight is 197 g/mol. The number of carbonyl (C=O) groups excluding carboxylic acids is 1. The van der Waals surface area contributed by atoms with Gasteiger partial charge in [-0.05, 0) is 20.0 Å². The van der Waals surface area contributed by atoms with E-state index in [4.69, 9.17) is 0 Å². The molecule has 2 saturated heterocycles. The van der Waals surface area contributed by atoms with Gasteiger partial charge in [0.15, 0.2) is 0 Å². The van der Waals surface area contributed by atoms with E-state index in [2.05, 4.69) is 11.9 Å². The first-order valence-electron chi connectivity index (χ1n) is 5.17. The zero-order valence-corrected chi connectivity index (χ0v) is 9.29. The molecular formula is C10H19N3O. The molecule has 4 heteroatoms. The fraction of sp³-hybridized carbons (Fsp3) is 0.900. The van der Waals surface area contributed by atoms with E-state index in [-0.39, 0.29) is 6.03 Å². The van der Waals surface area contributed by atoms with E-state index in [0.29, 0.717) is 5.41 Å². The third-order valence-electron chi connectivity index (χ3n) is 3.33. The Morgan fingerprint density at radius 3 is 2.36 bits per heavy atom. The molecule has 4 nitrogen and oxygen atoms in total. The molecule has 0 radical (unpaired) electrons. The number of urea groups is 1. The number of likely N-dealkylation sites (tertiary alicyclic amines) is 2. The minimum Gasteiger partial charge on any atom is -0.331 e. The van der Waals surface area contributed by atoms with Crippen molar-refractivity contribution in [3.05, 3.63) is 0 Å². The number of hydrogen-bond acceptors (Lipinski definition) is 2. The van der Waals surface area contributed by atoms with Gasteiger partial charge in [-0.2, -0.15) is 0 Å². The Hall–Kier alpha value is -0.770. The summed E-state index contributed by atoms with van der Waals surface area (Å²) in [6, 6.07) is 0.158. The van der Waals surface area contributed by atoms with Crippen LogP contribution in [-0.4, -0.2) is 68.1 Å². The second-order valence-corrected chi connectivity index (χ2v) is 5.02. The topological polar surface area (TPSA) is 26.8 Å². The highest BCUT2D eigenvalue weighted by Gasteiger charge is 2.48. The van der Waals surface area contributed by atoms with E-state index in [1.54, 1.807) is 4.90 Å².